The molecule has 0 bridgehead atoms. The summed E-state index contributed by atoms with van der Waals surface area (Å²) in [5.41, 5.74) is 0.706. The highest BCUT2D eigenvalue weighted by Crippen LogP contribution is 2.67. The molecule has 0 radical (unpaired) electrons. The van der Waals surface area contributed by atoms with Gasteiger partial charge in [-0.2, -0.15) is 0 Å². The Bertz CT molecular complexity index is 751. The van der Waals surface area contributed by atoms with Crippen LogP contribution < -0.4 is 0 Å². The van der Waals surface area contributed by atoms with E-state index in [4.69, 9.17) is 14.2 Å². The van der Waals surface area contributed by atoms with Crippen molar-refractivity contribution in [3.63, 3.8) is 0 Å². The molecular formula is C22H26O3. The van der Waals surface area contributed by atoms with Crippen LogP contribution in [0.2, 0.25) is 0 Å². The largest absolute Gasteiger partial charge is 0.369 e. The molecule has 2 aromatic carbocycles. The monoisotopic (exact) mass is 338 g/mol. The van der Waals surface area contributed by atoms with E-state index in [1.165, 1.54) is 5.56 Å². The van der Waals surface area contributed by atoms with Gasteiger partial charge in [0.2, 0.25) is 0 Å². The third kappa shape index (κ3) is 2.53. The van der Waals surface area contributed by atoms with E-state index < -0.39 is 16.8 Å². The molecule has 2 fully saturated rings. The molecule has 0 N–H and O–H groups in total. The zero-order valence-electron chi connectivity index (χ0n) is 15.4. The van der Waals surface area contributed by atoms with Crippen LogP contribution in [-0.4, -0.2) is 24.4 Å². The molecule has 2 saturated heterocycles. The summed E-state index contributed by atoms with van der Waals surface area (Å²) in [4.78, 5) is 0. The van der Waals surface area contributed by atoms with Crippen molar-refractivity contribution in [2.24, 2.45) is 0 Å². The van der Waals surface area contributed by atoms with Crippen molar-refractivity contribution in [2.75, 3.05) is 13.2 Å². The number of benzene rings is 2. The molecule has 0 amide bonds. The first-order chi connectivity index (χ1) is 11.8. The Hall–Kier alpha value is -1.68. The molecule has 2 aromatic rings. The minimum Gasteiger partial charge on any atom is -0.369 e. The van der Waals surface area contributed by atoms with Crippen LogP contribution in [0.4, 0.5) is 0 Å². The van der Waals surface area contributed by atoms with Gasteiger partial charge in [0.1, 0.15) is 11.2 Å². The topological polar surface area (TPSA) is 34.3 Å². The van der Waals surface area contributed by atoms with Gasteiger partial charge in [-0.05, 0) is 38.8 Å². The smallest absolute Gasteiger partial charge is 0.155 e. The maximum atomic E-state index is 6.55. The van der Waals surface area contributed by atoms with Crippen LogP contribution in [0.25, 0.3) is 0 Å². The Kier molecular flexibility index (Phi) is 3.63. The van der Waals surface area contributed by atoms with Crippen molar-refractivity contribution in [2.45, 2.75) is 50.1 Å². The Balaban J connectivity index is 1.74. The first-order valence-electron chi connectivity index (χ1n) is 8.92. The third-order valence-corrected chi connectivity index (χ3v) is 5.72. The number of hydrogen-bond donors (Lipinski definition) is 0. The number of epoxide rings is 2. The first-order valence-corrected chi connectivity index (χ1v) is 8.92. The summed E-state index contributed by atoms with van der Waals surface area (Å²) in [6.45, 7) is 9.83. The molecule has 4 rings (SSSR count). The molecule has 3 nitrogen and oxygen atoms in total. The van der Waals surface area contributed by atoms with Crippen LogP contribution in [0.1, 0.15) is 38.8 Å². The molecule has 3 unspecified atom stereocenters. The maximum absolute atomic E-state index is 6.55. The van der Waals surface area contributed by atoms with Crippen LogP contribution in [0, 0.1) is 0 Å². The highest BCUT2D eigenvalue weighted by molar-refractivity contribution is 5.43. The number of hydrogen-bond acceptors (Lipinski definition) is 3. The van der Waals surface area contributed by atoms with Crippen LogP contribution in [0.5, 0.6) is 0 Å². The molecular weight excluding hydrogens is 312 g/mol. The quantitative estimate of drug-likeness (QED) is 0.732. The average Bonchev–Trinajstić information content (AvgIpc) is 3.52. The summed E-state index contributed by atoms with van der Waals surface area (Å²) in [5, 5.41) is 0. The zero-order valence-corrected chi connectivity index (χ0v) is 15.4. The zero-order chi connectivity index (χ0) is 17.8. The number of ether oxygens (including phenoxy) is 3. The van der Waals surface area contributed by atoms with Crippen molar-refractivity contribution in [1.29, 1.82) is 0 Å². The van der Waals surface area contributed by atoms with E-state index >= 15 is 0 Å². The van der Waals surface area contributed by atoms with E-state index in [2.05, 4.69) is 76.2 Å². The van der Waals surface area contributed by atoms with Gasteiger partial charge in [0.05, 0.1) is 18.8 Å². The molecule has 2 aliphatic rings. The van der Waals surface area contributed by atoms with Crippen molar-refractivity contribution in [1.82, 2.24) is 0 Å². The molecule has 0 aromatic heterocycles. The van der Waals surface area contributed by atoms with E-state index in [0.29, 0.717) is 6.61 Å². The highest BCUT2D eigenvalue weighted by Gasteiger charge is 2.76. The third-order valence-electron chi connectivity index (χ3n) is 5.72. The molecule has 0 saturated carbocycles. The second-order valence-electron chi connectivity index (χ2n) is 8.09. The maximum Gasteiger partial charge on any atom is 0.155 e. The average molecular weight is 338 g/mol. The molecule has 25 heavy (non-hydrogen) atoms. The second kappa shape index (κ2) is 5.41. The SMILES string of the molecule is CC1(COC(C)(C)C2(c3ccccc3)OC2(C)c2ccccc2)CO1. The fourth-order valence-electron chi connectivity index (χ4n) is 3.99. The van der Waals surface area contributed by atoms with Gasteiger partial charge in [0.25, 0.3) is 0 Å². The lowest BCUT2D eigenvalue weighted by Crippen LogP contribution is -2.45. The van der Waals surface area contributed by atoms with Gasteiger partial charge >= 0.3 is 0 Å². The van der Waals surface area contributed by atoms with Crippen LogP contribution in [0.3, 0.4) is 0 Å². The van der Waals surface area contributed by atoms with Crippen LogP contribution in [-0.2, 0) is 25.4 Å². The molecule has 2 aliphatic heterocycles. The summed E-state index contributed by atoms with van der Waals surface area (Å²) < 4.78 is 18.5. The van der Waals surface area contributed by atoms with Crippen molar-refractivity contribution in [3.8, 4) is 0 Å². The van der Waals surface area contributed by atoms with Gasteiger partial charge in [-0.1, -0.05) is 60.7 Å². The van der Waals surface area contributed by atoms with E-state index in [0.717, 1.165) is 12.2 Å². The Morgan fingerprint density at radius 1 is 0.920 bits per heavy atom. The minimum absolute atomic E-state index is 0.146. The molecule has 0 aliphatic carbocycles. The van der Waals surface area contributed by atoms with Gasteiger partial charge in [-0.3, -0.25) is 0 Å². The highest BCUT2D eigenvalue weighted by atomic mass is 16.7. The van der Waals surface area contributed by atoms with E-state index in [1.54, 1.807) is 0 Å². The van der Waals surface area contributed by atoms with E-state index in [9.17, 15) is 0 Å². The summed E-state index contributed by atoms with van der Waals surface area (Å²) in [7, 11) is 0. The summed E-state index contributed by atoms with van der Waals surface area (Å²) >= 11 is 0. The van der Waals surface area contributed by atoms with Crippen molar-refractivity contribution < 1.29 is 14.2 Å². The lowest BCUT2D eigenvalue weighted by Gasteiger charge is -2.35. The minimum atomic E-state index is -0.534. The Morgan fingerprint density at radius 3 is 1.96 bits per heavy atom. The summed E-state index contributed by atoms with van der Waals surface area (Å²) in [6, 6.07) is 20.8. The second-order valence-corrected chi connectivity index (χ2v) is 8.09. The molecule has 0 spiro atoms. The predicted octanol–water partition coefficient (Wildman–Crippen LogP) is 4.41. The van der Waals surface area contributed by atoms with Gasteiger partial charge < -0.3 is 14.2 Å². The summed E-state index contributed by atoms with van der Waals surface area (Å²) in [6.07, 6.45) is 0. The normalized spacial score (nSPS) is 33.9. The number of rotatable bonds is 6. The first kappa shape index (κ1) is 16.8. The Labute approximate surface area is 149 Å². The van der Waals surface area contributed by atoms with Crippen molar-refractivity contribution >= 4 is 0 Å². The molecule has 2 heterocycles. The van der Waals surface area contributed by atoms with Crippen molar-refractivity contribution in [3.05, 3.63) is 71.8 Å². The fraction of sp³-hybridized carbons (Fsp3) is 0.455. The van der Waals surface area contributed by atoms with E-state index in [1.807, 2.05) is 12.1 Å². The summed E-state index contributed by atoms with van der Waals surface area (Å²) in [5.74, 6) is 0. The standard InChI is InChI=1S/C22H26O3/c1-19(2,23-15-20(3)16-24-20)22(18-13-9-6-10-14-18)21(4,25-22)17-11-7-5-8-12-17/h5-14H,15-16H2,1-4H3. The van der Waals surface area contributed by atoms with Gasteiger partial charge in [-0.25, -0.2) is 0 Å². The lowest BCUT2D eigenvalue weighted by atomic mass is 9.73. The van der Waals surface area contributed by atoms with Crippen LogP contribution in [0.15, 0.2) is 60.7 Å². The lowest BCUT2D eigenvalue weighted by molar-refractivity contribution is -0.0912. The van der Waals surface area contributed by atoms with Gasteiger partial charge in [0, 0.05) is 0 Å². The van der Waals surface area contributed by atoms with Gasteiger partial charge in [-0.15, -0.1) is 0 Å². The fourth-order valence-corrected chi connectivity index (χ4v) is 3.99. The van der Waals surface area contributed by atoms with Crippen LogP contribution >= 0.6 is 0 Å². The predicted molar refractivity (Wildman–Crippen MR) is 97.4 cm³/mol. The molecule has 3 heteroatoms. The molecule has 132 valence electrons. The Morgan fingerprint density at radius 2 is 1.44 bits per heavy atom. The van der Waals surface area contributed by atoms with E-state index in [-0.39, 0.29) is 5.60 Å². The van der Waals surface area contributed by atoms with Gasteiger partial charge in [0.15, 0.2) is 5.60 Å². The molecule has 3 atom stereocenters.